The van der Waals surface area contributed by atoms with E-state index in [0.717, 1.165) is 0 Å². The smallest absolute Gasteiger partial charge is 0.336 e. The van der Waals surface area contributed by atoms with Gasteiger partial charge in [0, 0.05) is 24.7 Å². The first-order valence-corrected chi connectivity index (χ1v) is 5.75. The normalized spacial score (nSPS) is 10.0. The highest BCUT2D eigenvalue weighted by Crippen LogP contribution is 2.35. The van der Waals surface area contributed by atoms with Gasteiger partial charge in [0.15, 0.2) is 11.3 Å². The molecule has 1 aromatic carbocycles. The van der Waals surface area contributed by atoms with Crippen molar-refractivity contribution in [2.45, 2.75) is 6.42 Å². The molecule has 0 unspecified atom stereocenters. The molecule has 0 spiro atoms. The molecule has 0 aliphatic heterocycles. The van der Waals surface area contributed by atoms with E-state index in [1.54, 1.807) is 0 Å². The molecule has 0 saturated heterocycles. The average molecular weight is 310 g/mol. The van der Waals surface area contributed by atoms with Gasteiger partial charge in [0.05, 0.1) is 15.4 Å². The van der Waals surface area contributed by atoms with Crippen LogP contribution in [0.5, 0.6) is 0 Å². The first-order chi connectivity index (χ1) is 10.3. The minimum Gasteiger partial charge on any atom is -0.478 e. The van der Waals surface area contributed by atoms with Crippen molar-refractivity contribution in [1.29, 1.82) is 0 Å². The number of nitro benzene ring substituents is 2. The number of nitro groups is 2. The highest BCUT2D eigenvalue weighted by Gasteiger charge is 2.36. The Morgan fingerprint density at radius 3 is 2.23 bits per heavy atom. The molecule has 0 aromatic heterocycles. The first-order valence-electron chi connectivity index (χ1n) is 5.75. The number of hydrogen-bond acceptors (Lipinski definition) is 7. The number of hydrogen-bond donors (Lipinski definition) is 2. The molecule has 0 saturated carbocycles. The topological polar surface area (TPSA) is 161 Å². The fourth-order valence-corrected chi connectivity index (χ4v) is 1.94. The molecule has 1 rings (SSSR count). The highest BCUT2D eigenvalue weighted by atomic mass is 16.6. The molecule has 2 N–H and O–H groups in total. The summed E-state index contributed by atoms with van der Waals surface area (Å²) in [6, 6.07) is 0.567. The van der Waals surface area contributed by atoms with Crippen LogP contribution in [0.1, 0.15) is 26.3 Å². The van der Waals surface area contributed by atoms with Crippen LogP contribution in [0.15, 0.2) is 18.7 Å². The van der Waals surface area contributed by atoms with Gasteiger partial charge in [0.2, 0.25) is 0 Å². The lowest BCUT2D eigenvalue weighted by atomic mass is 9.94. The number of ketones is 1. The van der Waals surface area contributed by atoms with E-state index < -0.39 is 62.7 Å². The number of carbonyl (C=O) groups is 2. The lowest BCUT2D eigenvalue weighted by Gasteiger charge is -2.09. The summed E-state index contributed by atoms with van der Waals surface area (Å²) >= 11 is 0. The van der Waals surface area contributed by atoms with E-state index in [1.165, 1.54) is 0 Å². The zero-order valence-corrected chi connectivity index (χ0v) is 11.0. The van der Waals surface area contributed by atoms with E-state index in [4.69, 9.17) is 10.2 Å². The van der Waals surface area contributed by atoms with E-state index in [1.807, 2.05) is 0 Å². The molecule has 0 atom stereocenters. The Kier molecular flexibility index (Phi) is 5.03. The molecule has 0 heterocycles. The van der Waals surface area contributed by atoms with Crippen molar-refractivity contribution in [3.05, 3.63) is 55.6 Å². The number of carbonyl (C=O) groups excluding carboxylic acids is 1. The summed E-state index contributed by atoms with van der Waals surface area (Å²) in [5.41, 5.74) is -4.05. The lowest BCUT2D eigenvalue weighted by molar-refractivity contribution is -0.395. The zero-order valence-electron chi connectivity index (χ0n) is 11.0. The molecule has 0 radical (unpaired) electrons. The van der Waals surface area contributed by atoms with Crippen LogP contribution in [0.25, 0.3) is 0 Å². The van der Waals surface area contributed by atoms with Gasteiger partial charge in [0.25, 0.3) is 11.4 Å². The largest absolute Gasteiger partial charge is 0.478 e. The van der Waals surface area contributed by atoms with Gasteiger partial charge in [0.1, 0.15) is 0 Å². The maximum absolute atomic E-state index is 11.8. The zero-order chi connectivity index (χ0) is 17.0. The second kappa shape index (κ2) is 6.54. The Morgan fingerprint density at radius 1 is 1.27 bits per heavy atom. The van der Waals surface area contributed by atoms with E-state index >= 15 is 0 Å². The molecular weight excluding hydrogens is 300 g/mol. The second-order valence-corrected chi connectivity index (χ2v) is 4.01. The third-order valence-electron chi connectivity index (χ3n) is 2.79. The van der Waals surface area contributed by atoms with Crippen LogP contribution in [0.2, 0.25) is 0 Å². The Labute approximate surface area is 122 Å². The number of carboxylic acids is 1. The molecule has 116 valence electrons. The number of nitrogens with zero attached hydrogens (tertiary/aromatic N) is 2. The van der Waals surface area contributed by atoms with Gasteiger partial charge in [-0.3, -0.25) is 25.0 Å². The summed E-state index contributed by atoms with van der Waals surface area (Å²) in [6.45, 7) is 2.47. The highest BCUT2D eigenvalue weighted by molar-refractivity contribution is 6.12. The standard InChI is InChI=1S/C12H10N2O8/c1-2-9(16)10-8(13(19)20)5-7(12(17)18)6(3-4-15)11(10)14(21)22/h2,5,15H,1,3-4H2,(H,17,18). The summed E-state index contributed by atoms with van der Waals surface area (Å²) < 4.78 is 0. The van der Waals surface area contributed by atoms with Gasteiger partial charge >= 0.3 is 5.97 Å². The fourth-order valence-electron chi connectivity index (χ4n) is 1.94. The van der Waals surface area contributed by atoms with Crippen molar-refractivity contribution in [2.75, 3.05) is 6.61 Å². The summed E-state index contributed by atoms with van der Waals surface area (Å²) in [4.78, 5) is 43.0. The van der Waals surface area contributed by atoms with Gasteiger partial charge in [-0.1, -0.05) is 6.58 Å². The molecule has 0 fully saturated rings. The third kappa shape index (κ3) is 2.96. The number of carboxylic acid groups (broad SMARTS) is 1. The molecule has 0 aliphatic rings. The van der Waals surface area contributed by atoms with E-state index in [2.05, 4.69) is 6.58 Å². The number of allylic oxidation sites excluding steroid dienone is 1. The van der Waals surface area contributed by atoms with Crippen molar-refractivity contribution in [2.24, 2.45) is 0 Å². The van der Waals surface area contributed by atoms with E-state index in [0.29, 0.717) is 12.1 Å². The van der Waals surface area contributed by atoms with E-state index in [9.17, 15) is 29.8 Å². The molecule has 10 heteroatoms. The maximum Gasteiger partial charge on any atom is 0.336 e. The molecule has 0 amide bonds. The van der Waals surface area contributed by atoms with Crippen LogP contribution < -0.4 is 0 Å². The van der Waals surface area contributed by atoms with Crippen molar-refractivity contribution in [1.82, 2.24) is 0 Å². The summed E-state index contributed by atoms with van der Waals surface area (Å²) in [7, 11) is 0. The summed E-state index contributed by atoms with van der Waals surface area (Å²) in [5, 5.41) is 40.2. The van der Waals surface area contributed by atoms with Crippen LogP contribution in [0.4, 0.5) is 11.4 Å². The van der Waals surface area contributed by atoms with Crippen molar-refractivity contribution in [3.8, 4) is 0 Å². The minimum absolute atomic E-state index is 0.451. The predicted molar refractivity (Wildman–Crippen MR) is 72.0 cm³/mol. The monoisotopic (exact) mass is 310 g/mol. The van der Waals surface area contributed by atoms with Crippen molar-refractivity contribution in [3.63, 3.8) is 0 Å². The molecule has 1 aromatic rings. The molecule has 22 heavy (non-hydrogen) atoms. The second-order valence-electron chi connectivity index (χ2n) is 4.01. The van der Waals surface area contributed by atoms with Crippen LogP contribution in [-0.4, -0.2) is 38.4 Å². The quantitative estimate of drug-likeness (QED) is 0.327. The number of aliphatic hydroxyl groups is 1. The predicted octanol–water partition coefficient (Wildman–Crippen LogP) is 1.10. The Morgan fingerprint density at radius 2 is 1.86 bits per heavy atom. The number of aromatic carboxylic acids is 1. The van der Waals surface area contributed by atoms with Gasteiger partial charge in [-0.25, -0.2) is 4.79 Å². The van der Waals surface area contributed by atoms with Crippen molar-refractivity contribution >= 4 is 23.1 Å². The first kappa shape index (κ1) is 16.9. The van der Waals surface area contributed by atoms with E-state index in [-0.39, 0.29) is 0 Å². The van der Waals surface area contributed by atoms with Gasteiger partial charge in [-0.15, -0.1) is 0 Å². The molecule has 10 nitrogen and oxygen atoms in total. The fraction of sp³-hybridized carbons (Fsp3) is 0.167. The number of aliphatic hydroxyl groups excluding tert-OH is 1. The van der Waals surface area contributed by atoms with Crippen LogP contribution in [0, 0.1) is 20.2 Å². The van der Waals surface area contributed by atoms with Gasteiger partial charge < -0.3 is 10.2 Å². The van der Waals surface area contributed by atoms with Crippen molar-refractivity contribution < 1.29 is 29.6 Å². The molecular formula is C12H10N2O8. The summed E-state index contributed by atoms with van der Waals surface area (Å²) in [6.07, 6.45) is 0.200. The molecule has 0 bridgehead atoms. The number of rotatable bonds is 7. The van der Waals surface area contributed by atoms with Crippen LogP contribution in [0.3, 0.4) is 0 Å². The van der Waals surface area contributed by atoms with Crippen LogP contribution in [-0.2, 0) is 6.42 Å². The average Bonchev–Trinajstić information content (AvgIpc) is 2.44. The minimum atomic E-state index is -1.65. The third-order valence-corrected chi connectivity index (χ3v) is 2.79. The van der Waals surface area contributed by atoms with Gasteiger partial charge in [-0.2, -0.15) is 0 Å². The summed E-state index contributed by atoms with van der Waals surface area (Å²) in [5.74, 6) is -2.73. The van der Waals surface area contributed by atoms with Crippen LogP contribution >= 0.6 is 0 Å². The number of benzene rings is 1. The lowest BCUT2D eigenvalue weighted by Crippen LogP contribution is -2.14. The maximum atomic E-state index is 11.8. The molecule has 0 aliphatic carbocycles. The Hall–Kier alpha value is -3.14. The Balaban J connectivity index is 4.02. The Bertz CT molecular complexity index is 695. The SMILES string of the molecule is C=CC(=O)c1c([N+](=O)[O-])cc(C(=O)O)c(CCO)c1[N+](=O)[O-]. The van der Waals surface area contributed by atoms with Gasteiger partial charge in [-0.05, 0) is 6.08 Å².